The molecule has 3 nitrogen and oxygen atoms in total. The number of aromatic nitrogens is 1. The molecule has 0 saturated heterocycles. The van der Waals surface area contributed by atoms with Crippen molar-refractivity contribution in [3.8, 4) is 0 Å². The standard InChI is InChI=1S/C9H7BrF3NO2/c10-2-4-3-14-8(9(12)13)7(11)5(4)1-6(15)16/h3,9H,1-2H2,(H,15,16). The van der Waals surface area contributed by atoms with Gasteiger partial charge in [0.15, 0.2) is 5.82 Å². The third-order valence-corrected chi connectivity index (χ3v) is 2.52. The Balaban J connectivity index is 3.28. The lowest BCUT2D eigenvalue weighted by molar-refractivity contribution is -0.136. The van der Waals surface area contributed by atoms with Gasteiger partial charge in [-0.1, -0.05) is 15.9 Å². The summed E-state index contributed by atoms with van der Waals surface area (Å²) < 4.78 is 38.1. The van der Waals surface area contributed by atoms with Gasteiger partial charge in [-0.15, -0.1) is 0 Å². The van der Waals surface area contributed by atoms with Crippen LogP contribution in [-0.2, 0) is 16.5 Å². The maximum Gasteiger partial charge on any atom is 0.307 e. The Kier molecular flexibility index (Phi) is 4.28. The van der Waals surface area contributed by atoms with E-state index in [0.717, 1.165) is 6.20 Å². The van der Waals surface area contributed by atoms with Crippen LogP contribution < -0.4 is 0 Å². The van der Waals surface area contributed by atoms with Crippen molar-refractivity contribution in [3.63, 3.8) is 0 Å². The molecule has 1 rings (SSSR count). The number of pyridine rings is 1. The minimum absolute atomic E-state index is 0.156. The Bertz CT molecular complexity index is 412. The molecule has 16 heavy (non-hydrogen) atoms. The summed E-state index contributed by atoms with van der Waals surface area (Å²) in [6.45, 7) is 0. The fraction of sp³-hybridized carbons (Fsp3) is 0.333. The van der Waals surface area contributed by atoms with Crippen LogP contribution in [-0.4, -0.2) is 16.1 Å². The molecule has 1 aromatic rings. The second-order valence-electron chi connectivity index (χ2n) is 2.97. The molecule has 1 heterocycles. The summed E-state index contributed by atoms with van der Waals surface area (Å²) in [5.41, 5.74) is -1.01. The van der Waals surface area contributed by atoms with Gasteiger partial charge in [-0.3, -0.25) is 9.78 Å². The van der Waals surface area contributed by atoms with Gasteiger partial charge in [-0.05, 0) is 5.56 Å². The van der Waals surface area contributed by atoms with Gasteiger partial charge in [0.1, 0.15) is 5.69 Å². The van der Waals surface area contributed by atoms with E-state index in [9.17, 15) is 18.0 Å². The van der Waals surface area contributed by atoms with Gasteiger partial charge < -0.3 is 5.11 Å². The summed E-state index contributed by atoms with van der Waals surface area (Å²) in [5, 5.41) is 8.71. The third kappa shape index (κ3) is 2.72. The van der Waals surface area contributed by atoms with Crippen molar-refractivity contribution in [3.05, 3.63) is 28.8 Å². The van der Waals surface area contributed by atoms with E-state index < -0.39 is 30.3 Å². The lowest BCUT2D eigenvalue weighted by atomic mass is 10.1. The topological polar surface area (TPSA) is 50.2 Å². The molecule has 1 aromatic heterocycles. The number of carboxylic acids is 1. The Hall–Kier alpha value is -1.11. The number of rotatable bonds is 4. The van der Waals surface area contributed by atoms with Crippen LogP contribution in [0.5, 0.6) is 0 Å². The zero-order valence-electron chi connectivity index (χ0n) is 7.88. The fourth-order valence-corrected chi connectivity index (χ4v) is 1.67. The number of alkyl halides is 3. The Labute approximate surface area is 97.4 Å². The molecule has 0 unspecified atom stereocenters. The molecule has 0 bridgehead atoms. The maximum atomic E-state index is 13.5. The van der Waals surface area contributed by atoms with E-state index in [4.69, 9.17) is 5.11 Å². The molecule has 0 atom stereocenters. The molecule has 88 valence electrons. The van der Waals surface area contributed by atoms with Gasteiger partial charge in [0.2, 0.25) is 0 Å². The molecule has 0 saturated carbocycles. The van der Waals surface area contributed by atoms with Crippen molar-refractivity contribution in [1.29, 1.82) is 0 Å². The van der Waals surface area contributed by atoms with Crippen molar-refractivity contribution in [2.24, 2.45) is 0 Å². The van der Waals surface area contributed by atoms with E-state index in [0.29, 0.717) is 0 Å². The lowest BCUT2D eigenvalue weighted by Gasteiger charge is -2.09. The lowest BCUT2D eigenvalue weighted by Crippen LogP contribution is -2.09. The largest absolute Gasteiger partial charge is 0.481 e. The van der Waals surface area contributed by atoms with Crippen LogP contribution in [0.3, 0.4) is 0 Å². The van der Waals surface area contributed by atoms with E-state index in [-0.39, 0.29) is 16.5 Å². The SMILES string of the molecule is O=C(O)Cc1c(CBr)cnc(C(F)F)c1F. The molecule has 0 spiro atoms. The van der Waals surface area contributed by atoms with Gasteiger partial charge in [-0.25, -0.2) is 13.2 Å². The third-order valence-electron chi connectivity index (χ3n) is 1.92. The van der Waals surface area contributed by atoms with Crippen LogP contribution >= 0.6 is 15.9 Å². The summed E-state index contributed by atoms with van der Waals surface area (Å²) in [5.74, 6) is -2.53. The minimum atomic E-state index is -3.06. The first kappa shape index (κ1) is 13.0. The molecule has 0 fully saturated rings. The Morgan fingerprint density at radius 1 is 1.56 bits per heavy atom. The van der Waals surface area contributed by atoms with Crippen LogP contribution in [0.4, 0.5) is 13.2 Å². The number of nitrogens with zero attached hydrogens (tertiary/aromatic N) is 1. The van der Waals surface area contributed by atoms with Crippen LogP contribution in [0, 0.1) is 5.82 Å². The van der Waals surface area contributed by atoms with Crippen molar-refractivity contribution in [2.75, 3.05) is 0 Å². The average molecular weight is 298 g/mol. The number of aliphatic carboxylic acids is 1. The Morgan fingerprint density at radius 2 is 2.19 bits per heavy atom. The predicted octanol–water partition coefficient (Wildman–Crippen LogP) is 2.68. The average Bonchev–Trinajstić information content (AvgIpc) is 2.19. The molecular formula is C9H7BrF3NO2. The number of hydrogen-bond donors (Lipinski definition) is 1. The highest BCUT2D eigenvalue weighted by atomic mass is 79.9. The normalized spacial score (nSPS) is 10.8. The van der Waals surface area contributed by atoms with Gasteiger partial charge in [-0.2, -0.15) is 0 Å². The highest BCUT2D eigenvalue weighted by molar-refractivity contribution is 9.08. The van der Waals surface area contributed by atoms with Gasteiger partial charge in [0.05, 0.1) is 6.42 Å². The molecule has 0 aliphatic carbocycles. The predicted molar refractivity (Wildman–Crippen MR) is 53.1 cm³/mol. The van der Waals surface area contributed by atoms with Crippen molar-refractivity contribution < 1.29 is 23.1 Å². The maximum absolute atomic E-state index is 13.5. The summed E-state index contributed by atoms with van der Waals surface area (Å²) in [4.78, 5) is 13.7. The molecule has 0 aliphatic heterocycles. The van der Waals surface area contributed by atoms with Gasteiger partial charge >= 0.3 is 5.97 Å². The second-order valence-corrected chi connectivity index (χ2v) is 3.53. The molecule has 1 N–H and O–H groups in total. The summed E-state index contributed by atoms with van der Waals surface area (Å²) in [6, 6.07) is 0. The summed E-state index contributed by atoms with van der Waals surface area (Å²) in [7, 11) is 0. The zero-order valence-corrected chi connectivity index (χ0v) is 9.47. The number of halogens is 4. The van der Waals surface area contributed by atoms with E-state index in [1.54, 1.807) is 0 Å². The fourth-order valence-electron chi connectivity index (χ4n) is 1.19. The van der Waals surface area contributed by atoms with Gasteiger partial charge in [0.25, 0.3) is 6.43 Å². The molecule has 0 amide bonds. The monoisotopic (exact) mass is 297 g/mol. The van der Waals surface area contributed by atoms with Crippen LogP contribution in [0.15, 0.2) is 6.20 Å². The second kappa shape index (κ2) is 5.29. The molecular weight excluding hydrogens is 291 g/mol. The van der Waals surface area contributed by atoms with Crippen LogP contribution in [0.2, 0.25) is 0 Å². The number of carbonyl (C=O) groups is 1. The first-order valence-corrected chi connectivity index (χ1v) is 5.31. The van der Waals surface area contributed by atoms with Gasteiger partial charge in [0, 0.05) is 17.1 Å². The quantitative estimate of drug-likeness (QED) is 0.869. The molecule has 0 aromatic carbocycles. The smallest absolute Gasteiger partial charge is 0.307 e. The van der Waals surface area contributed by atoms with Crippen molar-refractivity contribution in [2.45, 2.75) is 18.2 Å². The first-order valence-electron chi connectivity index (χ1n) is 4.19. The van der Waals surface area contributed by atoms with Crippen molar-refractivity contribution in [1.82, 2.24) is 4.98 Å². The van der Waals surface area contributed by atoms with E-state index in [2.05, 4.69) is 20.9 Å². The zero-order chi connectivity index (χ0) is 12.3. The van der Waals surface area contributed by atoms with E-state index >= 15 is 0 Å². The van der Waals surface area contributed by atoms with E-state index in [1.807, 2.05) is 0 Å². The Morgan fingerprint density at radius 3 is 2.62 bits per heavy atom. The highest BCUT2D eigenvalue weighted by Crippen LogP contribution is 2.25. The number of carboxylic acid groups (broad SMARTS) is 1. The van der Waals surface area contributed by atoms with Crippen LogP contribution in [0.1, 0.15) is 23.2 Å². The first-order chi connectivity index (χ1) is 7.47. The van der Waals surface area contributed by atoms with Crippen molar-refractivity contribution >= 4 is 21.9 Å². The number of hydrogen-bond acceptors (Lipinski definition) is 2. The van der Waals surface area contributed by atoms with Crippen LogP contribution in [0.25, 0.3) is 0 Å². The highest BCUT2D eigenvalue weighted by Gasteiger charge is 2.22. The molecule has 7 heteroatoms. The molecule has 0 aliphatic rings. The molecule has 0 radical (unpaired) electrons. The minimum Gasteiger partial charge on any atom is -0.481 e. The summed E-state index contributed by atoms with van der Waals surface area (Å²) in [6.07, 6.45) is -2.65. The summed E-state index contributed by atoms with van der Waals surface area (Å²) >= 11 is 3.01. The van der Waals surface area contributed by atoms with E-state index in [1.165, 1.54) is 0 Å².